The molecule has 1 nitrogen and oxygen atoms in total. The van der Waals surface area contributed by atoms with Crippen LogP contribution in [0.5, 0.6) is 0 Å². The fourth-order valence-corrected chi connectivity index (χ4v) is 3.83. The van der Waals surface area contributed by atoms with Crippen LogP contribution in [-0.2, 0) is 26.2 Å². The van der Waals surface area contributed by atoms with Crippen molar-refractivity contribution in [3.05, 3.63) is 42.6 Å². The first kappa shape index (κ1) is 27.9. The number of hydrogen-bond acceptors (Lipinski definition) is 0. The van der Waals surface area contributed by atoms with Gasteiger partial charge in [-0.1, -0.05) is 140 Å². The van der Waals surface area contributed by atoms with Crippen molar-refractivity contribution in [2.45, 2.75) is 116 Å². The van der Waals surface area contributed by atoms with E-state index in [1.54, 1.807) is 0 Å². The van der Waals surface area contributed by atoms with E-state index in [0.717, 1.165) is 12.1 Å². The molecule has 0 spiro atoms. The van der Waals surface area contributed by atoms with Gasteiger partial charge in [0.1, 0.15) is 0 Å². The number of benzene rings is 1. The van der Waals surface area contributed by atoms with E-state index in [9.17, 15) is 0 Å². The summed E-state index contributed by atoms with van der Waals surface area (Å²) in [5.41, 5.74) is 1.09. The van der Waals surface area contributed by atoms with E-state index in [-0.39, 0.29) is 26.2 Å². The van der Waals surface area contributed by atoms with Crippen molar-refractivity contribution >= 4 is 5.69 Å². The summed E-state index contributed by atoms with van der Waals surface area (Å²) in [5.74, 6) is 0.454. The summed E-state index contributed by atoms with van der Waals surface area (Å²) in [6.07, 6.45) is 21.0. The Morgan fingerprint density at radius 2 is 1.21 bits per heavy atom. The first-order chi connectivity index (χ1) is 13.3. The molecule has 2 aliphatic carbocycles. The summed E-state index contributed by atoms with van der Waals surface area (Å²) < 4.78 is 0. The van der Waals surface area contributed by atoms with E-state index < -0.39 is 0 Å². The van der Waals surface area contributed by atoms with Crippen LogP contribution in [0.1, 0.15) is 110 Å². The van der Waals surface area contributed by atoms with Gasteiger partial charge in [0.25, 0.3) is 0 Å². The van der Waals surface area contributed by atoms with Crippen molar-refractivity contribution in [2.24, 2.45) is 5.92 Å². The Kier molecular flexibility index (Phi) is 20.1. The second kappa shape index (κ2) is 20.2. The first-order valence-corrected chi connectivity index (χ1v) is 11.9. The molecule has 3 rings (SSSR count). The Labute approximate surface area is 196 Å². The molecule has 2 fully saturated rings. The maximum Gasteiger partial charge on any atom is 4.00 e. The fourth-order valence-electron chi connectivity index (χ4n) is 3.83. The summed E-state index contributed by atoms with van der Waals surface area (Å²) >= 11 is 0. The van der Waals surface area contributed by atoms with Gasteiger partial charge in [-0.25, -0.2) is 0 Å². The zero-order valence-corrected chi connectivity index (χ0v) is 21.3. The van der Waals surface area contributed by atoms with Gasteiger partial charge in [0.15, 0.2) is 0 Å². The number of unbranched alkanes of at least 4 members (excludes halogenated alkanes) is 1. The minimum absolute atomic E-state index is 0. The monoisotopic (exact) mass is 461 g/mol. The summed E-state index contributed by atoms with van der Waals surface area (Å²) in [4.78, 5) is 0. The minimum atomic E-state index is 0. The zero-order chi connectivity index (χ0) is 19.6. The van der Waals surface area contributed by atoms with Crippen LogP contribution in [0.4, 0.5) is 5.69 Å². The Morgan fingerprint density at radius 1 is 0.750 bits per heavy atom. The van der Waals surface area contributed by atoms with Gasteiger partial charge in [-0.2, -0.15) is 5.92 Å². The van der Waals surface area contributed by atoms with Crippen molar-refractivity contribution < 1.29 is 26.2 Å². The molecule has 0 bridgehead atoms. The third kappa shape index (κ3) is 14.8. The first-order valence-electron chi connectivity index (χ1n) is 11.9. The molecule has 0 aliphatic heterocycles. The van der Waals surface area contributed by atoms with Crippen LogP contribution in [0.15, 0.2) is 30.3 Å². The molecular weight excluding hydrogens is 418 g/mol. The SMILES string of the molecule is C1CCCC1.C1CCCC1.[CH2-][C@H](CCCC)[C@@H](CCC)[N-]c1ccccc1.[Zr+4]. The Hall–Kier alpha value is -0.0969. The van der Waals surface area contributed by atoms with E-state index in [2.05, 4.69) is 32.9 Å². The number of rotatable bonds is 8. The Balaban J connectivity index is 0.000000535. The molecule has 0 unspecified atom stereocenters. The van der Waals surface area contributed by atoms with Crippen molar-refractivity contribution in [3.63, 3.8) is 0 Å². The number of para-hydroxylation sites is 1. The van der Waals surface area contributed by atoms with Crippen LogP contribution in [0.3, 0.4) is 0 Å². The van der Waals surface area contributed by atoms with Crippen LogP contribution in [0, 0.1) is 12.8 Å². The molecule has 0 saturated heterocycles. The van der Waals surface area contributed by atoms with Crippen LogP contribution in [0.25, 0.3) is 5.32 Å². The molecule has 2 atom stereocenters. The minimum Gasteiger partial charge on any atom is -0.683 e. The molecule has 0 aromatic heterocycles. The predicted molar refractivity (Wildman–Crippen MR) is 123 cm³/mol. The van der Waals surface area contributed by atoms with Gasteiger partial charge >= 0.3 is 26.2 Å². The van der Waals surface area contributed by atoms with Gasteiger partial charge in [0.05, 0.1) is 0 Å². The van der Waals surface area contributed by atoms with Gasteiger partial charge in [0, 0.05) is 0 Å². The molecule has 2 heteroatoms. The van der Waals surface area contributed by atoms with Gasteiger partial charge in [0.2, 0.25) is 0 Å². The van der Waals surface area contributed by atoms with Crippen molar-refractivity contribution in [1.82, 2.24) is 0 Å². The van der Waals surface area contributed by atoms with E-state index in [0.29, 0.717) is 12.0 Å². The van der Waals surface area contributed by atoms with Gasteiger partial charge in [-0.3, -0.25) is 0 Å². The van der Waals surface area contributed by atoms with E-state index in [1.165, 1.54) is 89.9 Å². The maximum absolute atomic E-state index is 4.84. The summed E-state index contributed by atoms with van der Waals surface area (Å²) in [7, 11) is 0. The quantitative estimate of drug-likeness (QED) is 0.341. The van der Waals surface area contributed by atoms with Crippen molar-refractivity contribution in [2.75, 3.05) is 0 Å². The zero-order valence-electron chi connectivity index (χ0n) is 18.8. The second-order valence-corrected chi connectivity index (χ2v) is 8.26. The Morgan fingerprint density at radius 3 is 1.61 bits per heavy atom. The summed E-state index contributed by atoms with van der Waals surface area (Å²) in [6, 6.07) is 10.7. The summed E-state index contributed by atoms with van der Waals surface area (Å²) in [5, 5.41) is 4.84. The third-order valence-electron chi connectivity index (χ3n) is 5.63. The van der Waals surface area contributed by atoms with Gasteiger partial charge in [-0.05, 0) is 0 Å². The topological polar surface area (TPSA) is 14.1 Å². The van der Waals surface area contributed by atoms with Crippen LogP contribution < -0.4 is 0 Å². The molecular formula is C26H45NZr+2. The second-order valence-electron chi connectivity index (χ2n) is 8.26. The largest absolute Gasteiger partial charge is 4.00 e. The maximum atomic E-state index is 4.84. The fraction of sp³-hybridized carbons (Fsp3) is 0.731. The molecule has 1 aromatic rings. The molecule has 0 N–H and O–H groups in total. The van der Waals surface area contributed by atoms with Crippen LogP contribution in [-0.4, -0.2) is 6.04 Å². The van der Waals surface area contributed by atoms with Gasteiger partial charge in [-0.15, -0.1) is 11.7 Å². The molecule has 28 heavy (non-hydrogen) atoms. The smallest absolute Gasteiger partial charge is 0.683 e. The molecule has 0 amide bonds. The average Bonchev–Trinajstić information content (AvgIpc) is 3.45. The van der Waals surface area contributed by atoms with Gasteiger partial charge < -0.3 is 12.2 Å². The molecule has 0 radical (unpaired) electrons. The van der Waals surface area contributed by atoms with Crippen molar-refractivity contribution in [1.29, 1.82) is 0 Å². The summed E-state index contributed by atoms with van der Waals surface area (Å²) in [6.45, 7) is 8.75. The average molecular weight is 463 g/mol. The van der Waals surface area contributed by atoms with Crippen LogP contribution in [0.2, 0.25) is 0 Å². The van der Waals surface area contributed by atoms with Crippen molar-refractivity contribution in [3.8, 4) is 0 Å². The van der Waals surface area contributed by atoms with Crippen LogP contribution >= 0.6 is 0 Å². The third-order valence-corrected chi connectivity index (χ3v) is 5.63. The molecule has 1 aromatic carbocycles. The molecule has 156 valence electrons. The normalized spacial score (nSPS) is 17.2. The van der Waals surface area contributed by atoms with E-state index in [1.807, 2.05) is 18.2 Å². The standard InChI is InChI=1S/C16H25N.2C5H10.Zr/c1-4-6-11-14(3)16(10-5-2)17-15-12-8-7-9-13-15;2*1-2-4-5-3-1;/h7-9,12-14,16H,3-6,10-11H2,1-2H3;2*1-5H2;/q-2;;;+4/t14-,16-;;;/m1.../s1. The Bertz CT molecular complexity index is 386. The number of hydrogen-bond donors (Lipinski definition) is 0. The molecule has 2 aliphatic rings. The van der Waals surface area contributed by atoms with E-state index in [4.69, 9.17) is 5.32 Å². The molecule has 0 heterocycles. The van der Waals surface area contributed by atoms with E-state index >= 15 is 0 Å². The number of nitrogens with zero attached hydrogens (tertiary/aromatic N) is 1. The molecule has 2 saturated carbocycles. The predicted octanol–water partition coefficient (Wildman–Crippen LogP) is 9.40.